The van der Waals surface area contributed by atoms with Crippen LogP contribution in [-0.2, 0) is 12.8 Å². The molecule has 2 heterocycles. The Morgan fingerprint density at radius 2 is 1.41 bits per heavy atom. The largest absolute Gasteiger partial charge is 0.454 e. The lowest BCUT2D eigenvalue weighted by Gasteiger charge is -2.20. The summed E-state index contributed by atoms with van der Waals surface area (Å²) in [7, 11) is 0. The van der Waals surface area contributed by atoms with Crippen molar-refractivity contribution in [3.8, 4) is 23.0 Å². The fourth-order valence-corrected chi connectivity index (χ4v) is 3.99. The van der Waals surface area contributed by atoms with E-state index in [0.29, 0.717) is 35.1 Å². The van der Waals surface area contributed by atoms with Crippen molar-refractivity contribution in [2.45, 2.75) is 18.9 Å². The summed E-state index contributed by atoms with van der Waals surface area (Å²) in [5, 5.41) is 6.48. The van der Waals surface area contributed by atoms with Gasteiger partial charge in [0, 0.05) is 16.8 Å². The first-order chi connectivity index (χ1) is 15.6. The Morgan fingerprint density at radius 3 is 2.00 bits per heavy atom. The Kier molecular flexibility index (Phi) is 5.64. The molecule has 0 aromatic heterocycles. The molecule has 7 nitrogen and oxygen atoms in total. The number of benzene rings is 3. The fraction of sp³-hybridized carbons (Fsp3) is 0.208. The molecular weight excluding hydrogens is 432 g/mol. The van der Waals surface area contributed by atoms with E-state index >= 15 is 0 Å². The summed E-state index contributed by atoms with van der Waals surface area (Å²) in [6, 6.07) is 18.2. The van der Waals surface area contributed by atoms with Gasteiger partial charge in [-0.3, -0.25) is 0 Å². The van der Waals surface area contributed by atoms with Crippen LogP contribution in [0.4, 0.5) is 10.5 Å². The quantitative estimate of drug-likeness (QED) is 0.563. The van der Waals surface area contributed by atoms with Crippen molar-refractivity contribution in [3.05, 3.63) is 76.8 Å². The molecule has 2 amide bonds. The molecule has 3 aromatic carbocycles. The number of urea groups is 1. The molecular formula is C24H21ClN2O5. The molecule has 0 atom stereocenters. The number of rotatable bonds is 6. The number of carbonyl (C=O) groups excluding carboxylic acids is 1. The summed E-state index contributed by atoms with van der Waals surface area (Å²) in [4.78, 5) is 12.7. The number of ether oxygens (including phenoxy) is 4. The number of halogens is 1. The van der Waals surface area contributed by atoms with Crippen LogP contribution in [0.25, 0.3) is 0 Å². The van der Waals surface area contributed by atoms with Gasteiger partial charge in [0.2, 0.25) is 13.6 Å². The van der Waals surface area contributed by atoms with E-state index in [2.05, 4.69) is 10.6 Å². The topological polar surface area (TPSA) is 78.1 Å². The minimum atomic E-state index is -0.307. The summed E-state index contributed by atoms with van der Waals surface area (Å²) in [5.74, 6) is 2.89. The lowest BCUT2D eigenvalue weighted by atomic mass is 9.98. The predicted molar refractivity (Wildman–Crippen MR) is 120 cm³/mol. The van der Waals surface area contributed by atoms with E-state index in [1.807, 2.05) is 36.4 Å². The second-order valence-corrected chi connectivity index (χ2v) is 8.03. The summed E-state index contributed by atoms with van der Waals surface area (Å²) in [5.41, 5.74) is 2.69. The molecule has 2 aliphatic rings. The average molecular weight is 453 g/mol. The predicted octanol–water partition coefficient (Wildman–Crippen LogP) is 4.77. The Hall–Kier alpha value is -3.58. The Balaban J connectivity index is 1.33. The van der Waals surface area contributed by atoms with Crippen molar-refractivity contribution in [2.75, 3.05) is 18.9 Å². The number of anilines is 1. The summed E-state index contributed by atoms with van der Waals surface area (Å²) >= 11 is 6.03. The van der Waals surface area contributed by atoms with Crippen LogP contribution in [0.3, 0.4) is 0 Å². The highest BCUT2D eigenvalue weighted by atomic mass is 35.5. The van der Waals surface area contributed by atoms with Gasteiger partial charge >= 0.3 is 6.03 Å². The molecule has 0 spiro atoms. The van der Waals surface area contributed by atoms with Gasteiger partial charge in [0.15, 0.2) is 23.0 Å². The van der Waals surface area contributed by atoms with Gasteiger partial charge in [-0.15, -0.1) is 0 Å². The third-order valence-corrected chi connectivity index (χ3v) is 5.49. The molecule has 0 unspecified atom stereocenters. The van der Waals surface area contributed by atoms with Crippen molar-refractivity contribution in [1.82, 2.24) is 5.32 Å². The van der Waals surface area contributed by atoms with Gasteiger partial charge in [-0.1, -0.05) is 29.8 Å². The van der Waals surface area contributed by atoms with E-state index in [0.717, 1.165) is 22.6 Å². The van der Waals surface area contributed by atoms with Gasteiger partial charge in [-0.2, -0.15) is 0 Å². The van der Waals surface area contributed by atoms with Crippen molar-refractivity contribution in [1.29, 1.82) is 0 Å². The average Bonchev–Trinajstić information content (AvgIpc) is 3.42. The molecule has 0 saturated carbocycles. The van der Waals surface area contributed by atoms with E-state index in [1.165, 1.54) is 0 Å². The van der Waals surface area contributed by atoms with Crippen LogP contribution in [0.5, 0.6) is 23.0 Å². The first kappa shape index (κ1) is 20.3. The van der Waals surface area contributed by atoms with Crippen LogP contribution in [0.15, 0.2) is 60.7 Å². The van der Waals surface area contributed by atoms with Gasteiger partial charge in [0.1, 0.15) is 0 Å². The molecule has 2 aliphatic heterocycles. The van der Waals surface area contributed by atoms with Crippen LogP contribution < -0.4 is 29.6 Å². The molecule has 32 heavy (non-hydrogen) atoms. The first-order valence-electron chi connectivity index (χ1n) is 10.2. The number of nitrogens with one attached hydrogen (secondary N) is 2. The summed E-state index contributed by atoms with van der Waals surface area (Å²) < 4.78 is 21.8. The number of hydrogen-bond donors (Lipinski definition) is 2. The number of hydrogen-bond acceptors (Lipinski definition) is 5. The molecule has 164 valence electrons. The van der Waals surface area contributed by atoms with E-state index in [-0.39, 0.29) is 25.7 Å². The van der Waals surface area contributed by atoms with Gasteiger partial charge in [-0.05, 0) is 66.4 Å². The molecule has 0 radical (unpaired) electrons. The van der Waals surface area contributed by atoms with Gasteiger partial charge in [0.05, 0.1) is 0 Å². The zero-order valence-electron chi connectivity index (χ0n) is 17.1. The minimum absolute atomic E-state index is 0.185. The maximum Gasteiger partial charge on any atom is 0.319 e. The molecule has 0 fully saturated rings. The minimum Gasteiger partial charge on any atom is -0.454 e. The monoisotopic (exact) mass is 452 g/mol. The standard InChI is InChI=1S/C24H21ClN2O5/c25-17-2-1-3-18(12-17)26-24(28)27-19(8-15-4-6-20-22(10-15)31-13-29-20)9-16-5-7-21-23(11-16)32-14-30-21/h1-7,10-12,19H,8-9,13-14H2,(H2,26,27,28). The number of fused-ring (bicyclic) bond motifs is 2. The zero-order valence-corrected chi connectivity index (χ0v) is 17.9. The van der Waals surface area contributed by atoms with E-state index in [1.54, 1.807) is 24.3 Å². The second kappa shape index (κ2) is 8.88. The first-order valence-corrected chi connectivity index (χ1v) is 10.6. The number of carbonyl (C=O) groups is 1. The second-order valence-electron chi connectivity index (χ2n) is 7.59. The van der Waals surface area contributed by atoms with Crippen molar-refractivity contribution in [3.63, 3.8) is 0 Å². The Labute approximate surface area is 190 Å². The van der Waals surface area contributed by atoms with Crippen molar-refractivity contribution >= 4 is 23.3 Å². The fourth-order valence-electron chi connectivity index (χ4n) is 3.80. The van der Waals surface area contributed by atoms with Crippen molar-refractivity contribution < 1.29 is 23.7 Å². The van der Waals surface area contributed by atoms with E-state index in [4.69, 9.17) is 30.5 Å². The lowest BCUT2D eigenvalue weighted by Crippen LogP contribution is -2.40. The molecule has 8 heteroatoms. The number of amides is 2. The van der Waals surface area contributed by atoms with Crippen LogP contribution >= 0.6 is 11.6 Å². The third kappa shape index (κ3) is 4.68. The smallest absolute Gasteiger partial charge is 0.319 e. The maximum absolute atomic E-state index is 12.7. The maximum atomic E-state index is 12.7. The van der Waals surface area contributed by atoms with Crippen LogP contribution in [0.2, 0.25) is 5.02 Å². The van der Waals surface area contributed by atoms with E-state index in [9.17, 15) is 4.79 Å². The lowest BCUT2D eigenvalue weighted by molar-refractivity contribution is 0.173. The normalized spacial score (nSPS) is 13.3. The highest BCUT2D eigenvalue weighted by molar-refractivity contribution is 6.30. The van der Waals surface area contributed by atoms with Crippen molar-refractivity contribution in [2.24, 2.45) is 0 Å². The van der Waals surface area contributed by atoms with Crippen LogP contribution in [0, 0.1) is 0 Å². The molecule has 0 bridgehead atoms. The molecule has 3 aromatic rings. The van der Waals surface area contributed by atoms with Gasteiger partial charge < -0.3 is 29.6 Å². The molecule has 0 saturated heterocycles. The third-order valence-electron chi connectivity index (χ3n) is 5.26. The Morgan fingerprint density at radius 1 is 0.812 bits per heavy atom. The highest BCUT2D eigenvalue weighted by Crippen LogP contribution is 2.34. The summed E-state index contributed by atoms with van der Waals surface area (Å²) in [6.07, 6.45) is 1.21. The Bertz CT molecular complexity index is 1090. The summed E-state index contributed by atoms with van der Waals surface area (Å²) in [6.45, 7) is 0.444. The molecule has 2 N–H and O–H groups in total. The van der Waals surface area contributed by atoms with Gasteiger partial charge in [0.25, 0.3) is 0 Å². The van der Waals surface area contributed by atoms with E-state index < -0.39 is 0 Å². The van der Waals surface area contributed by atoms with Crippen LogP contribution in [0.1, 0.15) is 11.1 Å². The van der Waals surface area contributed by atoms with Crippen LogP contribution in [-0.4, -0.2) is 25.7 Å². The van der Waals surface area contributed by atoms with Gasteiger partial charge in [-0.25, -0.2) is 4.79 Å². The SMILES string of the molecule is O=C(Nc1cccc(Cl)c1)NC(Cc1ccc2c(c1)OCO2)Cc1ccc2c(c1)OCO2. The zero-order chi connectivity index (χ0) is 21.9. The molecule has 5 rings (SSSR count). The highest BCUT2D eigenvalue weighted by Gasteiger charge is 2.20. The molecule has 0 aliphatic carbocycles.